The molecule has 0 saturated heterocycles. The van der Waals surface area contributed by atoms with E-state index in [0.717, 1.165) is 5.69 Å². The van der Waals surface area contributed by atoms with Gasteiger partial charge in [-0.25, -0.2) is 9.97 Å². The molecule has 0 saturated carbocycles. The third-order valence-electron chi connectivity index (χ3n) is 4.03. The zero-order valence-electron chi connectivity index (χ0n) is 15.2. The van der Waals surface area contributed by atoms with Crippen LogP contribution in [0.15, 0.2) is 66.9 Å². The van der Waals surface area contributed by atoms with E-state index in [9.17, 15) is 9.59 Å². The maximum atomic E-state index is 12.6. The Hall–Kier alpha value is -3.54. The quantitative estimate of drug-likeness (QED) is 0.670. The van der Waals surface area contributed by atoms with Crippen molar-refractivity contribution in [1.82, 2.24) is 9.97 Å². The van der Waals surface area contributed by atoms with Crippen molar-refractivity contribution < 1.29 is 9.59 Å². The Labute approximate surface area is 157 Å². The largest absolute Gasteiger partial charge is 0.321 e. The van der Waals surface area contributed by atoms with Crippen LogP contribution in [0.2, 0.25) is 0 Å². The van der Waals surface area contributed by atoms with Gasteiger partial charge in [-0.15, -0.1) is 0 Å². The lowest BCUT2D eigenvalue weighted by Crippen LogP contribution is -2.21. The molecule has 1 amide bonds. The molecule has 0 unspecified atom stereocenters. The third-order valence-corrected chi connectivity index (χ3v) is 4.03. The number of ketones is 1. The highest BCUT2D eigenvalue weighted by molar-refractivity contribution is 6.04. The van der Waals surface area contributed by atoms with Gasteiger partial charge in [-0.2, -0.15) is 0 Å². The molecule has 1 heterocycles. The van der Waals surface area contributed by atoms with Crippen molar-refractivity contribution in [3.05, 3.63) is 78.1 Å². The Morgan fingerprint density at radius 1 is 1.04 bits per heavy atom. The maximum absolute atomic E-state index is 12.6. The molecule has 0 fully saturated rings. The predicted octanol–water partition coefficient (Wildman–Crippen LogP) is 4.09. The highest BCUT2D eigenvalue weighted by Gasteiger charge is 2.14. The molecule has 0 radical (unpaired) electrons. The summed E-state index contributed by atoms with van der Waals surface area (Å²) in [6.07, 6.45) is 1.56. The molecule has 6 heteroatoms. The van der Waals surface area contributed by atoms with Gasteiger partial charge in [-0.05, 0) is 44.2 Å². The molecule has 1 aromatic heterocycles. The molecule has 0 bridgehead atoms. The molecular weight excluding hydrogens is 340 g/mol. The van der Waals surface area contributed by atoms with Gasteiger partial charge in [0.1, 0.15) is 5.69 Å². The first-order valence-electron chi connectivity index (χ1n) is 8.66. The molecule has 27 heavy (non-hydrogen) atoms. The minimum absolute atomic E-state index is 0.0585. The highest BCUT2D eigenvalue weighted by Crippen LogP contribution is 2.21. The van der Waals surface area contributed by atoms with E-state index < -0.39 is 0 Å². The van der Waals surface area contributed by atoms with Crippen LogP contribution in [0.3, 0.4) is 0 Å². The Bertz CT molecular complexity index is 957. The van der Waals surface area contributed by atoms with Crippen LogP contribution in [0.1, 0.15) is 34.7 Å². The van der Waals surface area contributed by atoms with Gasteiger partial charge in [-0.1, -0.05) is 30.3 Å². The fourth-order valence-electron chi connectivity index (χ4n) is 2.66. The van der Waals surface area contributed by atoms with Gasteiger partial charge in [0, 0.05) is 29.7 Å². The molecule has 0 spiro atoms. The summed E-state index contributed by atoms with van der Waals surface area (Å²) in [5, 5.41) is 2.78. The molecule has 136 valence electrons. The zero-order chi connectivity index (χ0) is 19.2. The number of nitrogens with one attached hydrogen (secondary N) is 1. The number of para-hydroxylation sites is 1. The summed E-state index contributed by atoms with van der Waals surface area (Å²) < 4.78 is 0. The Kier molecular flexibility index (Phi) is 5.56. The van der Waals surface area contributed by atoms with Gasteiger partial charge in [0.15, 0.2) is 5.78 Å². The van der Waals surface area contributed by atoms with E-state index >= 15 is 0 Å². The molecule has 3 aromatic rings. The zero-order valence-corrected chi connectivity index (χ0v) is 15.2. The van der Waals surface area contributed by atoms with Crippen molar-refractivity contribution in [2.45, 2.75) is 13.8 Å². The van der Waals surface area contributed by atoms with Crippen molar-refractivity contribution in [2.75, 3.05) is 16.8 Å². The van der Waals surface area contributed by atoms with E-state index in [4.69, 9.17) is 0 Å². The van der Waals surface area contributed by atoms with Crippen LogP contribution >= 0.6 is 0 Å². The minimum Gasteiger partial charge on any atom is -0.321 e. The number of anilines is 3. The maximum Gasteiger partial charge on any atom is 0.274 e. The number of carbonyl (C=O) groups is 2. The van der Waals surface area contributed by atoms with E-state index in [0.29, 0.717) is 23.7 Å². The van der Waals surface area contributed by atoms with Crippen LogP contribution < -0.4 is 10.2 Å². The van der Waals surface area contributed by atoms with E-state index in [1.165, 1.54) is 6.92 Å². The SMILES string of the molecule is CCN(c1ccccc1)c1nccc(C(=O)Nc2cccc(C(C)=O)c2)n1. The second kappa shape index (κ2) is 8.23. The molecule has 2 aromatic carbocycles. The van der Waals surface area contributed by atoms with E-state index in [-0.39, 0.29) is 17.4 Å². The van der Waals surface area contributed by atoms with Crippen molar-refractivity contribution in [1.29, 1.82) is 0 Å². The van der Waals surface area contributed by atoms with Gasteiger partial charge in [0.05, 0.1) is 0 Å². The first-order valence-corrected chi connectivity index (χ1v) is 8.66. The third kappa shape index (κ3) is 4.36. The standard InChI is InChI=1S/C21H20N4O2/c1-3-25(18-10-5-4-6-11-18)21-22-13-12-19(24-21)20(27)23-17-9-7-8-16(14-17)15(2)26/h4-14H,3H2,1-2H3,(H,23,27). The number of hydrogen-bond acceptors (Lipinski definition) is 5. The Balaban J connectivity index is 1.83. The number of hydrogen-bond donors (Lipinski definition) is 1. The summed E-state index contributed by atoms with van der Waals surface area (Å²) in [6.45, 7) is 4.15. The van der Waals surface area contributed by atoms with E-state index in [1.807, 2.05) is 42.2 Å². The summed E-state index contributed by atoms with van der Waals surface area (Å²) in [5.41, 5.74) is 2.29. The number of amides is 1. The van der Waals surface area contributed by atoms with E-state index in [1.54, 1.807) is 36.5 Å². The molecular formula is C21H20N4O2. The van der Waals surface area contributed by atoms with Crippen LogP contribution in [-0.2, 0) is 0 Å². The molecule has 0 aliphatic rings. The smallest absolute Gasteiger partial charge is 0.274 e. The first kappa shape index (κ1) is 18.3. The number of carbonyl (C=O) groups excluding carboxylic acids is 2. The molecule has 3 rings (SSSR count). The number of nitrogens with zero attached hydrogens (tertiary/aromatic N) is 3. The summed E-state index contributed by atoms with van der Waals surface area (Å²) in [4.78, 5) is 34.7. The number of rotatable bonds is 6. The fraction of sp³-hybridized carbons (Fsp3) is 0.143. The molecule has 0 atom stereocenters. The first-order chi connectivity index (χ1) is 13.1. The van der Waals surface area contributed by atoms with Crippen LogP contribution in [0.5, 0.6) is 0 Å². The van der Waals surface area contributed by atoms with Gasteiger partial charge in [-0.3, -0.25) is 9.59 Å². The molecule has 0 aliphatic carbocycles. The van der Waals surface area contributed by atoms with Crippen molar-refractivity contribution >= 4 is 29.0 Å². The second-order valence-corrected chi connectivity index (χ2v) is 5.91. The van der Waals surface area contributed by atoms with Crippen molar-refractivity contribution in [3.8, 4) is 0 Å². The Morgan fingerprint density at radius 2 is 1.81 bits per heavy atom. The number of Topliss-reactive ketones (excluding diaryl/α,β-unsaturated/α-hetero) is 1. The number of benzene rings is 2. The van der Waals surface area contributed by atoms with Gasteiger partial charge in [0.2, 0.25) is 5.95 Å². The lowest BCUT2D eigenvalue weighted by atomic mass is 10.1. The average molecular weight is 360 g/mol. The summed E-state index contributed by atoms with van der Waals surface area (Å²) >= 11 is 0. The van der Waals surface area contributed by atoms with Gasteiger partial charge < -0.3 is 10.2 Å². The van der Waals surface area contributed by atoms with Crippen LogP contribution in [0.25, 0.3) is 0 Å². The van der Waals surface area contributed by atoms with Crippen LogP contribution in [0, 0.1) is 0 Å². The fourth-order valence-corrected chi connectivity index (χ4v) is 2.66. The topological polar surface area (TPSA) is 75.2 Å². The van der Waals surface area contributed by atoms with Crippen LogP contribution in [0.4, 0.5) is 17.3 Å². The lowest BCUT2D eigenvalue weighted by molar-refractivity contribution is 0.100. The molecule has 0 aliphatic heterocycles. The van der Waals surface area contributed by atoms with Crippen LogP contribution in [-0.4, -0.2) is 28.2 Å². The summed E-state index contributed by atoms with van der Waals surface area (Å²) in [6, 6.07) is 18.1. The summed E-state index contributed by atoms with van der Waals surface area (Å²) in [7, 11) is 0. The predicted molar refractivity (Wildman–Crippen MR) is 106 cm³/mol. The van der Waals surface area contributed by atoms with Crippen molar-refractivity contribution in [2.24, 2.45) is 0 Å². The lowest BCUT2D eigenvalue weighted by Gasteiger charge is -2.21. The van der Waals surface area contributed by atoms with E-state index in [2.05, 4.69) is 15.3 Å². The highest BCUT2D eigenvalue weighted by atomic mass is 16.2. The summed E-state index contributed by atoms with van der Waals surface area (Å²) in [5.74, 6) is 0.0363. The van der Waals surface area contributed by atoms with Gasteiger partial charge >= 0.3 is 0 Å². The normalized spacial score (nSPS) is 10.3. The molecule has 1 N–H and O–H groups in total. The average Bonchev–Trinajstić information content (AvgIpc) is 2.70. The second-order valence-electron chi connectivity index (χ2n) is 5.91. The molecule has 6 nitrogen and oxygen atoms in total. The monoisotopic (exact) mass is 360 g/mol. The minimum atomic E-state index is -0.358. The van der Waals surface area contributed by atoms with Gasteiger partial charge in [0.25, 0.3) is 5.91 Å². The Morgan fingerprint density at radius 3 is 2.52 bits per heavy atom. The van der Waals surface area contributed by atoms with Crippen molar-refractivity contribution in [3.63, 3.8) is 0 Å². The number of aromatic nitrogens is 2.